The number of thiophene rings is 1. The third kappa shape index (κ3) is 1.16. The number of hydrogen-bond donors (Lipinski definition) is 0. The van der Waals surface area contributed by atoms with Crippen LogP contribution in [-0.4, -0.2) is 11.4 Å². The quantitative estimate of drug-likeness (QED) is 0.711. The molecule has 0 saturated heterocycles. The van der Waals surface area contributed by atoms with Gasteiger partial charge in [0.15, 0.2) is 0 Å². The van der Waals surface area contributed by atoms with Crippen molar-refractivity contribution in [2.45, 2.75) is 15.7 Å². The Hall–Kier alpha value is -0.390. The van der Waals surface area contributed by atoms with E-state index in [-0.39, 0.29) is 0 Å². The summed E-state index contributed by atoms with van der Waals surface area (Å²) in [5.41, 5.74) is 2.42. The molecule has 0 fully saturated rings. The largest absolute Gasteiger partial charge is 0.348 e. The molecule has 0 unspecified atom stereocenters. The predicted molar refractivity (Wildman–Crippen MR) is 61.2 cm³/mol. The number of aromatic nitrogens is 1. The van der Waals surface area contributed by atoms with Crippen molar-refractivity contribution in [1.82, 2.24) is 5.16 Å². The number of nitrogens with zero attached hydrogens (tertiary/aromatic N) is 1. The minimum atomic E-state index is 0.948. The molecule has 0 saturated carbocycles. The molecule has 0 amide bonds. The van der Waals surface area contributed by atoms with Gasteiger partial charge in [0.1, 0.15) is 5.69 Å². The van der Waals surface area contributed by atoms with E-state index in [1.165, 1.54) is 15.3 Å². The van der Waals surface area contributed by atoms with Crippen molar-refractivity contribution in [2.24, 2.45) is 0 Å². The van der Waals surface area contributed by atoms with Crippen molar-refractivity contribution in [2.75, 3.05) is 6.26 Å². The summed E-state index contributed by atoms with van der Waals surface area (Å²) in [6.45, 7) is 0. The minimum Gasteiger partial charge on any atom is -0.348 e. The van der Waals surface area contributed by atoms with Gasteiger partial charge in [0.25, 0.3) is 0 Å². The first-order chi connectivity index (χ1) is 6.90. The summed E-state index contributed by atoms with van der Waals surface area (Å²) >= 11 is 5.19. The van der Waals surface area contributed by atoms with E-state index in [0.717, 1.165) is 16.5 Å². The molecule has 0 radical (unpaired) electrons. The van der Waals surface area contributed by atoms with Gasteiger partial charge in [-0.15, -0.1) is 23.1 Å². The lowest BCUT2D eigenvalue weighted by Crippen LogP contribution is -1.89. The lowest BCUT2D eigenvalue weighted by Gasteiger charge is -2.08. The number of hydrogen-bond acceptors (Lipinski definition) is 5. The summed E-state index contributed by atoms with van der Waals surface area (Å²) in [5.74, 6) is 1.04. The van der Waals surface area contributed by atoms with Crippen LogP contribution in [0.15, 0.2) is 26.0 Å². The van der Waals surface area contributed by atoms with E-state index < -0.39 is 0 Å². The van der Waals surface area contributed by atoms with E-state index in [4.69, 9.17) is 4.52 Å². The Kier molecular flexibility index (Phi) is 2.11. The maximum absolute atomic E-state index is 5.29. The highest BCUT2D eigenvalue weighted by Crippen LogP contribution is 2.47. The third-order valence-corrected chi connectivity index (χ3v) is 5.00. The molecule has 3 heterocycles. The minimum absolute atomic E-state index is 0.948. The van der Waals surface area contributed by atoms with Crippen LogP contribution in [0.2, 0.25) is 0 Å². The Bertz CT molecular complexity index is 474. The molecular formula is C9H7NOS3. The molecule has 1 aliphatic rings. The Morgan fingerprint density at radius 1 is 1.57 bits per heavy atom. The molecule has 2 aromatic heterocycles. The van der Waals surface area contributed by atoms with Crippen molar-refractivity contribution in [1.29, 1.82) is 0 Å². The normalized spacial score (nSPS) is 13.8. The second kappa shape index (κ2) is 3.32. The van der Waals surface area contributed by atoms with Gasteiger partial charge in [0.05, 0.1) is 9.77 Å². The smallest absolute Gasteiger partial charge is 0.207 e. The molecule has 0 aliphatic carbocycles. The Morgan fingerprint density at radius 2 is 2.50 bits per heavy atom. The van der Waals surface area contributed by atoms with Crippen LogP contribution in [0.5, 0.6) is 0 Å². The SMILES string of the molecule is CSc1onc2c1SCc1ccsc1-2. The molecule has 14 heavy (non-hydrogen) atoms. The standard InChI is InChI=1S/C9H7NOS3/c1-12-9-8-6(10-11-9)7-5(4-14-8)2-3-13-7/h2-3H,4H2,1H3. The van der Waals surface area contributed by atoms with Gasteiger partial charge in [-0.2, -0.15) is 0 Å². The second-order valence-corrected chi connectivity index (χ2v) is 5.60. The molecule has 0 N–H and O–H groups in total. The van der Waals surface area contributed by atoms with E-state index in [0.29, 0.717) is 0 Å². The van der Waals surface area contributed by atoms with Gasteiger partial charge in [-0.05, 0) is 23.3 Å². The fourth-order valence-corrected chi connectivity index (χ4v) is 4.33. The third-order valence-electron chi connectivity index (χ3n) is 2.14. The summed E-state index contributed by atoms with van der Waals surface area (Å²) in [7, 11) is 0. The van der Waals surface area contributed by atoms with Crippen LogP contribution in [-0.2, 0) is 5.75 Å². The summed E-state index contributed by atoms with van der Waals surface area (Å²) < 4.78 is 5.29. The lowest BCUT2D eigenvalue weighted by molar-refractivity contribution is 0.346. The van der Waals surface area contributed by atoms with Crippen LogP contribution < -0.4 is 0 Å². The summed E-state index contributed by atoms with van der Waals surface area (Å²) in [6.07, 6.45) is 2.02. The van der Waals surface area contributed by atoms with Crippen LogP contribution >= 0.6 is 34.9 Å². The van der Waals surface area contributed by atoms with Crippen molar-refractivity contribution in [3.63, 3.8) is 0 Å². The molecule has 2 aromatic rings. The van der Waals surface area contributed by atoms with Gasteiger partial charge in [-0.3, -0.25) is 0 Å². The van der Waals surface area contributed by atoms with Crippen LogP contribution in [0.3, 0.4) is 0 Å². The average molecular weight is 241 g/mol. The lowest BCUT2D eigenvalue weighted by atomic mass is 10.2. The van der Waals surface area contributed by atoms with Crippen molar-refractivity contribution in [3.8, 4) is 10.6 Å². The Balaban J connectivity index is 2.22. The van der Waals surface area contributed by atoms with E-state index in [2.05, 4.69) is 16.6 Å². The number of thioether (sulfide) groups is 2. The maximum atomic E-state index is 5.29. The topological polar surface area (TPSA) is 26.0 Å². The number of rotatable bonds is 1. The van der Waals surface area contributed by atoms with Crippen molar-refractivity contribution < 1.29 is 4.52 Å². The zero-order valence-corrected chi connectivity index (χ0v) is 9.89. The summed E-state index contributed by atoms with van der Waals surface area (Å²) in [5, 5.41) is 7.20. The second-order valence-electron chi connectivity index (χ2n) is 2.92. The van der Waals surface area contributed by atoms with E-state index >= 15 is 0 Å². The maximum Gasteiger partial charge on any atom is 0.207 e. The van der Waals surface area contributed by atoms with Gasteiger partial charge in [0.2, 0.25) is 5.09 Å². The zero-order valence-electron chi connectivity index (χ0n) is 7.44. The van der Waals surface area contributed by atoms with Crippen LogP contribution in [0.1, 0.15) is 5.56 Å². The molecular weight excluding hydrogens is 234 g/mol. The van der Waals surface area contributed by atoms with Crippen molar-refractivity contribution >= 4 is 34.9 Å². The van der Waals surface area contributed by atoms with Crippen LogP contribution in [0.25, 0.3) is 10.6 Å². The molecule has 1 aliphatic heterocycles. The van der Waals surface area contributed by atoms with Crippen molar-refractivity contribution in [3.05, 3.63) is 17.0 Å². The first-order valence-corrected chi connectivity index (χ1v) is 7.22. The Labute approximate surface area is 94.1 Å². The van der Waals surface area contributed by atoms with Crippen LogP contribution in [0, 0.1) is 0 Å². The van der Waals surface area contributed by atoms with E-state index in [1.807, 2.05) is 18.0 Å². The molecule has 0 aromatic carbocycles. The predicted octanol–water partition coefficient (Wildman–Crippen LogP) is 3.73. The Morgan fingerprint density at radius 3 is 3.36 bits per heavy atom. The highest BCUT2D eigenvalue weighted by atomic mass is 32.2. The molecule has 5 heteroatoms. The first kappa shape index (κ1) is 8.88. The average Bonchev–Trinajstić information content (AvgIpc) is 2.82. The molecule has 0 atom stereocenters. The summed E-state index contributed by atoms with van der Waals surface area (Å²) in [4.78, 5) is 2.50. The van der Waals surface area contributed by atoms with Gasteiger partial charge in [-0.25, -0.2) is 0 Å². The monoisotopic (exact) mass is 241 g/mol. The molecule has 3 rings (SSSR count). The fraction of sp³-hybridized carbons (Fsp3) is 0.222. The molecule has 0 spiro atoms. The van der Waals surface area contributed by atoms with Crippen LogP contribution in [0.4, 0.5) is 0 Å². The zero-order chi connectivity index (χ0) is 9.54. The highest BCUT2D eigenvalue weighted by Gasteiger charge is 2.25. The number of fused-ring (bicyclic) bond motifs is 3. The summed E-state index contributed by atoms with van der Waals surface area (Å²) in [6, 6.07) is 2.17. The van der Waals surface area contributed by atoms with Gasteiger partial charge >= 0.3 is 0 Å². The first-order valence-electron chi connectivity index (χ1n) is 4.13. The highest BCUT2D eigenvalue weighted by molar-refractivity contribution is 8.01. The fourth-order valence-electron chi connectivity index (χ4n) is 1.48. The van der Waals surface area contributed by atoms with E-state index in [9.17, 15) is 0 Å². The molecule has 0 bridgehead atoms. The van der Waals surface area contributed by atoms with Gasteiger partial charge in [-0.1, -0.05) is 16.9 Å². The van der Waals surface area contributed by atoms with E-state index in [1.54, 1.807) is 23.1 Å². The molecule has 72 valence electrons. The van der Waals surface area contributed by atoms with Gasteiger partial charge in [0, 0.05) is 5.75 Å². The molecule has 2 nitrogen and oxygen atoms in total. The van der Waals surface area contributed by atoms with Gasteiger partial charge < -0.3 is 4.52 Å².